The molecule has 0 aromatic carbocycles. The van der Waals surface area contributed by atoms with Crippen LogP contribution in [-0.2, 0) is 4.79 Å². The minimum atomic E-state index is -4.38. The maximum atomic E-state index is 12.5. The van der Waals surface area contributed by atoms with Gasteiger partial charge in [-0.1, -0.05) is 6.58 Å². The van der Waals surface area contributed by atoms with Crippen molar-refractivity contribution in [3.05, 3.63) is 48.6 Å². The van der Waals surface area contributed by atoms with Gasteiger partial charge in [0.1, 0.15) is 0 Å². The molecule has 0 atom stereocenters. The number of halogens is 3. The molecule has 0 fully saturated rings. The van der Waals surface area contributed by atoms with Crippen molar-refractivity contribution in [2.45, 2.75) is 26.4 Å². The molecule has 0 radical (unpaired) electrons. The molecule has 0 aliphatic rings. The zero-order valence-electron chi connectivity index (χ0n) is 15.2. The number of hydrogen-bond donors (Lipinski definition) is 0. The van der Waals surface area contributed by atoms with Gasteiger partial charge in [0.15, 0.2) is 0 Å². The van der Waals surface area contributed by atoms with Gasteiger partial charge in [-0.25, -0.2) is 4.68 Å². The second kappa shape index (κ2) is 9.07. The van der Waals surface area contributed by atoms with Crippen molar-refractivity contribution < 1.29 is 18.0 Å². The molecule has 146 valence electrons. The van der Waals surface area contributed by atoms with E-state index in [9.17, 15) is 18.0 Å². The molecule has 2 aromatic heterocycles. The van der Waals surface area contributed by atoms with Crippen LogP contribution in [-0.4, -0.2) is 44.9 Å². The summed E-state index contributed by atoms with van der Waals surface area (Å²) >= 11 is 1.05. The van der Waals surface area contributed by atoms with E-state index in [-0.39, 0.29) is 18.1 Å². The van der Waals surface area contributed by atoms with E-state index < -0.39 is 11.7 Å². The summed E-state index contributed by atoms with van der Waals surface area (Å²) in [6.45, 7) is 7.12. The Labute approximate surface area is 160 Å². The van der Waals surface area contributed by atoms with Crippen LogP contribution in [0.5, 0.6) is 0 Å². The number of pyridine rings is 1. The van der Waals surface area contributed by atoms with E-state index in [1.807, 2.05) is 13.0 Å². The van der Waals surface area contributed by atoms with Crippen LogP contribution >= 0.6 is 11.8 Å². The number of amides is 1. The van der Waals surface area contributed by atoms with Crippen LogP contribution in [0.1, 0.15) is 19.0 Å². The standard InChI is InChI=1S/C18H21F3N4OS/c1-4-24(17(26)7-9-27-12-13(2)18(19,20)21)16-11-25(23-14(16)3)15-6-5-8-22-10-15/h5-6,8,10-11H,2,4,7,9,12H2,1,3H3. The van der Waals surface area contributed by atoms with Gasteiger partial charge in [-0.3, -0.25) is 9.78 Å². The molecule has 1 amide bonds. The van der Waals surface area contributed by atoms with Crippen molar-refractivity contribution in [1.29, 1.82) is 0 Å². The normalized spacial score (nSPS) is 11.4. The molecule has 0 aliphatic heterocycles. The molecule has 0 spiro atoms. The number of aromatic nitrogens is 3. The first kappa shape index (κ1) is 21.0. The Bertz CT molecular complexity index is 790. The minimum Gasteiger partial charge on any atom is -0.310 e. The lowest BCUT2D eigenvalue weighted by molar-refractivity contribution is -0.118. The third-order valence-electron chi connectivity index (χ3n) is 3.83. The van der Waals surface area contributed by atoms with Gasteiger partial charge in [0.25, 0.3) is 0 Å². The summed E-state index contributed by atoms with van der Waals surface area (Å²) in [6.07, 6.45) is 0.838. The van der Waals surface area contributed by atoms with Crippen molar-refractivity contribution in [2.75, 3.05) is 23.0 Å². The van der Waals surface area contributed by atoms with E-state index in [2.05, 4.69) is 16.7 Å². The molecule has 2 heterocycles. The Balaban J connectivity index is 1.99. The summed E-state index contributed by atoms with van der Waals surface area (Å²) in [5.74, 6) is -0.0994. The van der Waals surface area contributed by atoms with Crippen LogP contribution in [0, 0.1) is 6.92 Å². The fourth-order valence-corrected chi connectivity index (χ4v) is 3.26. The molecule has 9 heteroatoms. The molecule has 0 saturated carbocycles. The lowest BCUT2D eigenvalue weighted by Crippen LogP contribution is -2.31. The average Bonchev–Trinajstić information content (AvgIpc) is 3.01. The molecule has 0 saturated heterocycles. The summed E-state index contributed by atoms with van der Waals surface area (Å²) < 4.78 is 38.9. The molecule has 0 bridgehead atoms. The van der Waals surface area contributed by atoms with Gasteiger partial charge in [0.2, 0.25) is 5.91 Å². The Morgan fingerprint density at radius 2 is 2.15 bits per heavy atom. The van der Waals surface area contributed by atoms with Gasteiger partial charge in [-0.15, -0.1) is 0 Å². The SMILES string of the molecule is C=C(CSCCC(=O)N(CC)c1cn(-c2cccnc2)nc1C)C(F)(F)F. The molecule has 27 heavy (non-hydrogen) atoms. The molecule has 5 nitrogen and oxygen atoms in total. The second-order valence-electron chi connectivity index (χ2n) is 5.80. The van der Waals surface area contributed by atoms with Gasteiger partial charge >= 0.3 is 6.18 Å². The number of nitrogens with zero attached hydrogens (tertiary/aromatic N) is 4. The first-order valence-corrected chi connectivity index (χ1v) is 9.49. The fraction of sp³-hybridized carbons (Fsp3) is 0.389. The number of alkyl halides is 3. The molecular weight excluding hydrogens is 377 g/mol. The summed E-state index contributed by atoms with van der Waals surface area (Å²) in [7, 11) is 0. The van der Waals surface area contributed by atoms with Crippen LogP contribution < -0.4 is 4.90 Å². The third kappa shape index (κ3) is 5.59. The van der Waals surface area contributed by atoms with E-state index >= 15 is 0 Å². The Hall–Kier alpha value is -2.29. The highest BCUT2D eigenvalue weighted by atomic mass is 32.2. The predicted molar refractivity (Wildman–Crippen MR) is 101 cm³/mol. The third-order valence-corrected chi connectivity index (χ3v) is 4.87. The van der Waals surface area contributed by atoms with Gasteiger partial charge in [-0.05, 0) is 26.0 Å². The Morgan fingerprint density at radius 3 is 2.74 bits per heavy atom. The maximum Gasteiger partial charge on any atom is 0.412 e. The van der Waals surface area contributed by atoms with Crippen molar-refractivity contribution in [3.63, 3.8) is 0 Å². The number of rotatable bonds is 8. The van der Waals surface area contributed by atoms with Crippen molar-refractivity contribution in [2.24, 2.45) is 0 Å². The van der Waals surface area contributed by atoms with Gasteiger partial charge in [0, 0.05) is 36.2 Å². The van der Waals surface area contributed by atoms with Crippen molar-refractivity contribution in [3.8, 4) is 5.69 Å². The first-order chi connectivity index (χ1) is 12.7. The number of carbonyl (C=O) groups is 1. The Morgan fingerprint density at radius 1 is 1.41 bits per heavy atom. The molecule has 0 aliphatic carbocycles. The van der Waals surface area contributed by atoms with Crippen LogP contribution in [0.15, 0.2) is 42.9 Å². The first-order valence-electron chi connectivity index (χ1n) is 8.33. The van der Waals surface area contributed by atoms with Crippen LogP contribution in [0.2, 0.25) is 0 Å². The number of carbonyl (C=O) groups excluding carboxylic acids is 1. The highest BCUT2D eigenvalue weighted by Gasteiger charge is 2.31. The van der Waals surface area contributed by atoms with Crippen molar-refractivity contribution >= 4 is 23.4 Å². The van der Waals surface area contributed by atoms with E-state index in [1.54, 1.807) is 41.2 Å². The van der Waals surface area contributed by atoms with Crippen molar-refractivity contribution in [1.82, 2.24) is 14.8 Å². The molecular formula is C18H21F3N4OS. The molecule has 2 aromatic rings. The van der Waals surface area contributed by atoms with Crippen LogP contribution in [0.25, 0.3) is 5.69 Å². The Kier molecular flexibility index (Phi) is 7.06. The number of hydrogen-bond acceptors (Lipinski definition) is 4. The monoisotopic (exact) mass is 398 g/mol. The van der Waals surface area contributed by atoms with Gasteiger partial charge in [-0.2, -0.15) is 30.0 Å². The maximum absolute atomic E-state index is 12.5. The van der Waals surface area contributed by atoms with Crippen LogP contribution in [0.3, 0.4) is 0 Å². The van der Waals surface area contributed by atoms with E-state index in [4.69, 9.17) is 0 Å². The number of aryl methyl sites for hydroxylation is 1. The quantitative estimate of drug-likeness (QED) is 0.495. The minimum absolute atomic E-state index is 0.140. The van der Waals surface area contributed by atoms with Crippen LogP contribution in [0.4, 0.5) is 18.9 Å². The predicted octanol–water partition coefficient (Wildman–Crippen LogP) is 4.17. The van der Waals surface area contributed by atoms with E-state index in [0.29, 0.717) is 23.7 Å². The second-order valence-corrected chi connectivity index (χ2v) is 6.90. The largest absolute Gasteiger partial charge is 0.412 e. The van der Waals surface area contributed by atoms with Gasteiger partial charge < -0.3 is 4.90 Å². The number of anilines is 1. The summed E-state index contributed by atoms with van der Waals surface area (Å²) in [6, 6.07) is 3.65. The topological polar surface area (TPSA) is 51.0 Å². The lowest BCUT2D eigenvalue weighted by atomic mass is 10.3. The van der Waals surface area contributed by atoms with E-state index in [0.717, 1.165) is 17.4 Å². The zero-order chi connectivity index (χ0) is 20.0. The average molecular weight is 398 g/mol. The van der Waals surface area contributed by atoms with E-state index in [1.165, 1.54) is 0 Å². The number of thioether (sulfide) groups is 1. The molecule has 0 unspecified atom stereocenters. The summed E-state index contributed by atoms with van der Waals surface area (Å²) in [5, 5.41) is 4.42. The summed E-state index contributed by atoms with van der Waals surface area (Å²) in [5.41, 5.74) is 1.35. The smallest absolute Gasteiger partial charge is 0.310 e. The van der Waals surface area contributed by atoms with Gasteiger partial charge in [0.05, 0.1) is 29.5 Å². The lowest BCUT2D eigenvalue weighted by Gasteiger charge is -2.20. The highest BCUT2D eigenvalue weighted by Crippen LogP contribution is 2.27. The zero-order valence-corrected chi connectivity index (χ0v) is 16.0. The molecule has 0 N–H and O–H groups in total. The molecule has 2 rings (SSSR count). The summed E-state index contributed by atoms with van der Waals surface area (Å²) in [4.78, 5) is 18.2. The fourth-order valence-electron chi connectivity index (χ4n) is 2.39. The highest BCUT2D eigenvalue weighted by molar-refractivity contribution is 7.99.